The van der Waals surface area contributed by atoms with Crippen LogP contribution in [0.4, 0.5) is 0 Å². The zero-order valence-electron chi connectivity index (χ0n) is 18.8. The number of rotatable bonds is 6. The normalized spacial score (nSPS) is 20.0. The minimum absolute atomic E-state index is 0. The highest BCUT2D eigenvalue weighted by Gasteiger charge is 2.26. The SMILES string of the molecule is CN=C(NCCc1cccc(C(=O)N(C)C)c1)N1CCC(CN2CCCCC2)C1.I. The number of aliphatic imine (C=N–C) groups is 1. The van der Waals surface area contributed by atoms with Crippen molar-refractivity contribution in [1.82, 2.24) is 20.0 Å². The predicted molar refractivity (Wildman–Crippen MR) is 135 cm³/mol. The van der Waals surface area contributed by atoms with E-state index < -0.39 is 0 Å². The van der Waals surface area contributed by atoms with Crippen LogP contribution in [-0.2, 0) is 6.42 Å². The molecule has 0 saturated carbocycles. The van der Waals surface area contributed by atoms with E-state index in [0.29, 0.717) is 0 Å². The van der Waals surface area contributed by atoms with Gasteiger partial charge in [-0.2, -0.15) is 0 Å². The lowest BCUT2D eigenvalue weighted by Gasteiger charge is -2.29. The average molecular weight is 527 g/mol. The van der Waals surface area contributed by atoms with E-state index in [2.05, 4.69) is 26.2 Å². The molecule has 168 valence electrons. The summed E-state index contributed by atoms with van der Waals surface area (Å²) in [5, 5.41) is 3.52. The number of piperidine rings is 1. The van der Waals surface area contributed by atoms with Crippen LogP contribution in [0.25, 0.3) is 0 Å². The fourth-order valence-corrected chi connectivity index (χ4v) is 4.45. The smallest absolute Gasteiger partial charge is 0.253 e. The minimum Gasteiger partial charge on any atom is -0.356 e. The summed E-state index contributed by atoms with van der Waals surface area (Å²) in [6.45, 7) is 6.80. The van der Waals surface area contributed by atoms with Gasteiger partial charge in [0, 0.05) is 52.9 Å². The summed E-state index contributed by atoms with van der Waals surface area (Å²) in [4.78, 5) is 23.3. The van der Waals surface area contributed by atoms with E-state index in [1.54, 1.807) is 19.0 Å². The first-order chi connectivity index (χ1) is 14.1. The number of hydrogen-bond donors (Lipinski definition) is 1. The Kier molecular flexibility index (Phi) is 10.4. The maximum atomic E-state index is 12.2. The summed E-state index contributed by atoms with van der Waals surface area (Å²) in [7, 11) is 5.45. The number of hydrogen-bond acceptors (Lipinski definition) is 3. The average Bonchev–Trinajstić information content (AvgIpc) is 3.19. The number of halogens is 1. The number of benzene rings is 1. The maximum Gasteiger partial charge on any atom is 0.253 e. The highest BCUT2D eigenvalue weighted by molar-refractivity contribution is 14.0. The molecule has 2 aliphatic heterocycles. The highest BCUT2D eigenvalue weighted by Crippen LogP contribution is 2.20. The number of carbonyl (C=O) groups excluding carboxylic acids is 1. The zero-order chi connectivity index (χ0) is 20.6. The Labute approximate surface area is 199 Å². The van der Waals surface area contributed by atoms with Gasteiger partial charge in [0.25, 0.3) is 5.91 Å². The van der Waals surface area contributed by atoms with E-state index in [9.17, 15) is 4.79 Å². The van der Waals surface area contributed by atoms with E-state index in [0.717, 1.165) is 43.5 Å². The number of guanidine groups is 1. The first-order valence-corrected chi connectivity index (χ1v) is 11.1. The summed E-state index contributed by atoms with van der Waals surface area (Å²) in [6, 6.07) is 7.93. The topological polar surface area (TPSA) is 51.2 Å². The molecule has 6 nitrogen and oxygen atoms in total. The lowest BCUT2D eigenvalue weighted by molar-refractivity contribution is 0.0827. The molecule has 1 N–H and O–H groups in total. The predicted octanol–water partition coefficient (Wildman–Crippen LogP) is 2.93. The monoisotopic (exact) mass is 527 g/mol. The van der Waals surface area contributed by atoms with E-state index in [-0.39, 0.29) is 29.9 Å². The fraction of sp³-hybridized carbons (Fsp3) is 0.652. The van der Waals surface area contributed by atoms with E-state index in [1.807, 2.05) is 25.2 Å². The molecule has 0 spiro atoms. The quantitative estimate of drug-likeness (QED) is 0.351. The molecule has 7 heteroatoms. The molecule has 0 aliphatic carbocycles. The second-order valence-electron chi connectivity index (χ2n) is 8.59. The van der Waals surface area contributed by atoms with Gasteiger partial charge in [-0.15, -0.1) is 24.0 Å². The molecule has 2 fully saturated rings. The zero-order valence-corrected chi connectivity index (χ0v) is 21.1. The van der Waals surface area contributed by atoms with Gasteiger partial charge in [-0.25, -0.2) is 0 Å². The second kappa shape index (κ2) is 12.5. The van der Waals surface area contributed by atoms with Gasteiger partial charge in [-0.3, -0.25) is 9.79 Å². The van der Waals surface area contributed by atoms with Crippen LogP contribution in [0.3, 0.4) is 0 Å². The van der Waals surface area contributed by atoms with E-state index in [1.165, 1.54) is 50.9 Å². The Bertz CT molecular complexity index is 703. The largest absolute Gasteiger partial charge is 0.356 e. The van der Waals surface area contributed by atoms with Crippen molar-refractivity contribution in [3.05, 3.63) is 35.4 Å². The van der Waals surface area contributed by atoms with Crippen molar-refractivity contribution in [3.63, 3.8) is 0 Å². The third-order valence-corrected chi connectivity index (χ3v) is 6.04. The van der Waals surface area contributed by atoms with Crippen LogP contribution in [0, 0.1) is 5.92 Å². The molecule has 0 aromatic heterocycles. The van der Waals surface area contributed by atoms with E-state index >= 15 is 0 Å². The summed E-state index contributed by atoms with van der Waals surface area (Å²) in [5.41, 5.74) is 1.92. The molecular formula is C23H38IN5O. The maximum absolute atomic E-state index is 12.2. The first kappa shape index (κ1) is 24.9. The van der Waals surface area contributed by atoms with Crippen molar-refractivity contribution in [3.8, 4) is 0 Å². The third kappa shape index (κ3) is 7.11. The Morgan fingerprint density at radius 1 is 1.20 bits per heavy atom. The summed E-state index contributed by atoms with van der Waals surface area (Å²) < 4.78 is 0. The summed E-state index contributed by atoms with van der Waals surface area (Å²) in [6.07, 6.45) is 6.25. The number of nitrogens with zero attached hydrogens (tertiary/aromatic N) is 4. The molecule has 1 aromatic rings. The van der Waals surface area contributed by atoms with E-state index in [4.69, 9.17) is 0 Å². The van der Waals surface area contributed by atoms with Crippen LogP contribution < -0.4 is 5.32 Å². The standard InChI is InChI=1S/C23H37N5O.HI/c1-24-23(28-15-11-20(18-28)17-27-13-5-4-6-14-27)25-12-10-19-8-7-9-21(16-19)22(29)26(2)3;/h7-9,16,20H,4-6,10-15,17-18H2,1-3H3,(H,24,25);1H. The van der Waals surface area contributed by atoms with Gasteiger partial charge in [0.15, 0.2) is 5.96 Å². The molecule has 2 aliphatic rings. The summed E-state index contributed by atoms with van der Waals surface area (Å²) in [5.74, 6) is 1.81. The van der Waals surface area contributed by atoms with Crippen molar-refractivity contribution < 1.29 is 4.79 Å². The molecule has 30 heavy (non-hydrogen) atoms. The van der Waals surface area contributed by atoms with Crippen molar-refractivity contribution in [1.29, 1.82) is 0 Å². The Morgan fingerprint density at radius 2 is 1.97 bits per heavy atom. The molecule has 2 saturated heterocycles. The Balaban J connectivity index is 0.00000320. The molecule has 2 heterocycles. The van der Waals surface area contributed by atoms with Gasteiger partial charge in [-0.05, 0) is 62.4 Å². The van der Waals surface area contributed by atoms with Crippen molar-refractivity contribution in [2.75, 3.05) is 60.4 Å². The van der Waals surface area contributed by atoms with Crippen LogP contribution in [0.1, 0.15) is 41.6 Å². The van der Waals surface area contributed by atoms with Gasteiger partial charge >= 0.3 is 0 Å². The van der Waals surface area contributed by atoms with Crippen molar-refractivity contribution in [2.24, 2.45) is 10.9 Å². The van der Waals surface area contributed by atoms with Crippen molar-refractivity contribution >= 4 is 35.8 Å². The lowest BCUT2D eigenvalue weighted by Crippen LogP contribution is -2.42. The third-order valence-electron chi connectivity index (χ3n) is 6.04. The molecule has 0 radical (unpaired) electrons. The second-order valence-corrected chi connectivity index (χ2v) is 8.59. The number of carbonyl (C=O) groups is 1. The molecular weight excluding hydrogens is 489 g/mol. The van der Waals surface area contributed by atoms with Gasteiger partial charge in [-0.1, -0.05) is 18.6 Å². The lowest BCUT2D eigenvalue weighted by atomic mass is 10.1. The van der Waals surface area contributed by atoms with Crippen molar-refractivity contribution in [2.45, 2.75) is 32.1 Å². The van der Waals surface area contributed by atoms with Gasteiger partial charge in [0.2, 0.25) is 0 Å². The van der Waals surface area contributed by atoms with Gasteiger partial charge in [0.05, 0.1) is 0 Å². The fourth-order valence-electron chi connectivity index (χ4n) is 4.45. The summed E-state index contributed by atoms with van der Waals surface area (Å²) >= 11 is 0. The number of nitrogens with one attached hydrogen (secondary N) is 1. The van der Waals surface area contributed by atoms with Crippen LogP contribution in [0.2, 0.25) is 0 Å². The van der Waals surface area contributed by atoms with Crippen LogP contribution in [0.5, 0.6) is 0 Å². The molecule has 1 atom stereocenters. The van der Waals surface area contributed by atoms with Crippen LogP contribution >= 0.6 is 24.0 Å². The van der Waals surface area contributed by atoms with Crippen LogP contribution in [0.15, 0.2) is 29.3 Å². The first-order valence-electron chi connectivity index (χ1n) is 11.1. The molecule has 1 unspecified atom stereocenters. The molecule has 3 rings (SSSR count). The number of amides is 1. The Morgan fingerprint density at radius 3 is 2.67 bits per heavy atom. The molecule has 1 amide bonds. The van der Waals surface area contributed by atoms with Crippen LogP contribution in [-0.4, -0.2) is 87.0 Å². The van der Waals surface area contributed by atoms with Gasteiger partial charge < -0.3 is 20.0 Å². The van der Waals surface area contributed by atoms with Gasteiger partial charge in [0.1, 0.15) is 0 Å². The minimum atomic E-state index is 0. The highest BCUT2D eigenvalue weighted by atomic mass is 127. The number of likely N-dealkylation sites (tertiary alicyclic amines) is 2. The Hall–Kier alpha value is -1.35. The molecule has 1 aromatic carbocycles. The molecule has 0 bridgehead atoms.